The van der Waals surface area contributed by atoms with Crippen LogP contribution in [0.15, 0.2) is 24.3 Å². The fourth-order valence-corrected chi connectivity index (χ4v) is 1.56. The summed E-state index contributed by atoms with van der Waals surface area (Å²) in [5.41, 5.74) is 1.83. The van der Waals surface area contributed by atoms with E-state index in [2.05, 4.69) is 5.32 Å². The summed E-state index contributed by atoms with van der Waals surface area (Å²) in [5, 5.41) is 11.0. The Kier molecular flexibility index (Phi) is 5.81. The van der Waals surface area contributed by atoms with E-state index in [1.807, 2.05) is 31.2 Å². The monoisotopic (exact) mass is 266 g/mol. The molecular weight excluding hydrogens is 248 g/mol. The van der Waals surface area contributed by atoms with Gasteiger partial charge in [0.1, 0.15) is 6.61 Å². The van der Waals surface area contributed by atoms with E-state index in [1.165, 1.54) is 4.90 Å². The van der Waals surface area contributed by atoms with Crippen LogP contribution in [0, 0.1) is 6.92 Å². The lowest BCUT2D eigenvalue weighted by Crippen LogP contribution is -2.39. The van der Waals surface area contributed by atoms with E-state index in [9.17, 15) is 9.59 Å². The zero-order valence-corrected chi connectivity index (χ0v) is 11.0. The molecule has 0 unspecified atom stereocenters. The summed E-state index contributed by atoms with van der Waals surface area (Å²) in [6.07, 6.45) is 0. The molecule has 2 amide bonds. The molecule has 2 N–H and O–H groups in total. The summed E-state index contributed by atoms with van der Waals surface area (Å²) < 4.78 is 4.82. The molecule has 104 valence electrons. The molecule has 0 saturated carbocycles. The third-order valence-corrected chi connectivity index (χ3v) is 2.53. The third kappa shape index (κ3) is 4.97. The maximum atomic E-state index is 11.8. The quantitative estimate of drug-likeness (QED) is 0.759. The molecule has 0 fully saturated rings. The number of urea groups is 1. The summed E-state index contributed by atoms with van der Waals surface area (Å²) >= 11 is 0. The Morgan fingerprint density at radius 3 is 2.68 bits per heavy atom. The fraction of sp³-hybridized carbons (Fsp3) is 0.385. The Labute approximate surface area is 112 Å². The average molecular weight is 266 g/mol. The SMILES string of the molecule is Cc1ccccc1N(C)C(=O)NCCOCC(=O)O. The number of nitrogens with zero attached hydrogens (tertiary/aromatic N) is 1. The molecular formula is C13H18N2O4. The van der Waals surface area contributed by atoms with Gasteiger partial charge >= 0.3 is 12.0 Å². The van der Waals surface area contributed by atoms with Gasteiger partial charge in [-0.2, -0.15) is 0 Å². The van der Waals surface area contributed by atoms with E-state index < -0.39 is 5.97 Å². The van der Waals surface area contributed by atoms with E-state index in [4.69, 9.17) is 9.84 Å². The van der Waals surface area contributed by atoms with Gasteiger partial charge in [0, 0.05) is 19.3 Å². The highest BCUT2D eigenvalue weighted by molar-refractivity contribution is 5.92. The predicted octanol–water partition coefficient (Wildman–Crippen LogP) is 1.24. The van der Waals surface area contributed by atoms with Gasteiger partial charge in [-0.1, -0.05) is 18.2 Å². The zero-order valence-electron chi connectivity index (χ0n) is 11.0. The first kappa shape index (κ1) is 15.0. The van der Waals surface area contributed by atoms with Gasteiger partial charge in [0.05, 0.1) is 6.61 Å². The maximum absolute atomic E-state index is 11.8. The molecule has 6 heteroatoms. The van der Waals surface area contributed by atoms with Crippen LogP contribution >= 0.6 is 0 Å². The molecule has 0 saturated heterocycles. The average Bonchev–Trinajstić information content (AvgIpc) is 2.37. The van der Waals surface area contributed by atoms with Crippen molar-refractivity contribution in [2.75, 3.05) is 31.7 Å². The minimum absolute atomic E-state index is 0.166. The lowest BCUT2D eigenvalue weighted by Gasteiger charge is -2.19. The molecule has 0 spiro atoms. The number of hydrogen-bond donors (Lipinski definition) is 2. The topological polar surface area (TPSA) is 78.9 Å². The third-order valence-electron chi connectivity index (χ3n) is 2.53. The van der Waals surface area contributed by atoms with E-state index >= 15 is 0 Å². The van der Waals surface area contributed by atoms with E-state index in [0.717, 1.165) is 11.3 Å². The van der Waals surface area contributed by atoms with Crippen LogP contribution in [0.25, 0.3) is 0 Å². The molecule has 0 bridgehead atoms. The second-order valence-corrected chi connectivity index (χ2v) is 4.02. The molecule has 1 aromatic rings. The lowest BCUT2D eigenvalue weighted by molar-refractivity contribution is -0.142. The van der Waals surface area contributed by atoms with Gasteiger partial charge in [-0.3, -0.25) is 4.90 Å². The second kappa shape index (κ2) is 7.38. The number of carboxylic acid groups (broad SMARTS) is 1. The van der Waals surface area contributed by atoms with Crippen molar-refractivity contribution in [1.29, 1.82) is 0 Å². The van der Waals surface area contributed by atoms with Gasteiger partial charge in [0.25, 0.3) is 0 Å². The highest BCUT2D eigenvalue weighted by Gasteiger charge is 2.11. The van der Waals surface area contributed by atoms with E-state index in [1.54, 1.807) is 7.05 Å². The van der Waals surface area contributed by atoms with Crippen LogP contribution in [0.3, 0.4) is 0 Å². The van der Waals surface area contributed by atoms with Crippen LogP contribution in [0.5, 0.6) is 0 Å². The molecule has 19 heavy (non-hydrogen) atoms. The number of nitrogens with one attached hydrogen (secondary N) is 1. The summed E-state index contributed by atoms with van der Waals surface area (Å²) in [4.78, 5) is 23.5. The number of carbonyl (C=O) groups is 2. The van der Waals surface area contributed by atoms with Crippen LogP contribution in [-0.2, 0) is 9.53 Å². The number of carbonyl (C=O) groups excluding carboxylic acids is 1. The molecule has 6 nitrogen and oxygen atoms in total. The minimum Gasteiger partial charge on any atom is -0.480 e. The predicted molar refractivity (Wildman–Crippen MR) is 71.4 cm³/mol. The molecule has 0 aliphatic carbocycles. The number of benzene rings is 1. The van der Waals surface area contributed by atoms with Crippen molar-refractivity contribution in [3.8, 4) is 0 Å². The highest BCUT2D eigenvalue weighted by atomic mass is 16.5. The summed E-state index contributed by atoms with van der Waals surface area (Å²) in [6.45, 7) is 2.00. The Morgan fingerprint density at radius 2 is 2.05 bits per heavy atom. The Hall–Kier alpha value is -2.08. The first-order chi connectivity index (χ1) is 9.02. The Bertz CT molecular complexity index is 448. The number of para-hydroxylation sites is 1. The number of aliphatic carboxylic acids is 1. The largest absolute Gasteiger partial charge is 0.480 e. The molecule has 0 atom stereocenters. The maximum Gasteiger partial charge on any atom is 0.329 e. The summed E-state index contributed by atoms with van der Waals surface area (Å²) in [7, 11) is 1.68. The lowest BCUT2D eigenvalue weighted by atomic mass is 10.2. The zero-order chi connectivity index (χ0) is 14.3. The summed E-state index contributed by atoms with van der Waals surface area (Å²) in [6, 6.07) is 7.30. The van der Waals surface area contributed by atoms with Gasteiger partial charge in [-0.25, -0.2) is 9.59 Å². The molecule has 0 aliphatic heterocycles. The normalized spacial score (nSPS) is 10.0. The first-order valence-corrected chi connectivity index (χ1v) is 5.89. The summed E-state index contributed by atoms with van der Waals surface area (Å²) in [5.74, 6) is -1.02. The fourth-order valence-electron chi connectivity index (χ4n) is 1.56. The number of hydrogen-bond acceptors (Lipinski definition) is 3. The molecule has 0 aromatic heterocycles. The van der Waals surface area contributed by atoms with Gasteiger partial charge in [0.15, 0.2) is 0 Å². The van der Waals surface area contributed by atoms with Crippen molar-refractivity contribution < 1.29 is 19.4 Å². The minimum atomic E-state index is -1.02. The van der Waals surface area contributed by atoms with Crippen molar-refractivity contribution in [2.45, 2.75) is 6.92 Å². The van der Waals surface area contributed by atoms with Gasteiger partial charge in [0.2, 0.25) is 0 Å². The first-order valence-electron chi connectivity index (χ1n) is 5.89. The Balaban J connectivity index is 2.37. The van der Waals surface area contributed by atoms with Crippen molar-refractivity contribution in [1.82, 2.24) is 5.32 Å². The van der Waals surface area contributed by atoms with E-state index in [-0.39, 0.29) is 25.8 Å². The number of rotatable bonds is 6. The number of amides is 2. The molecule has 1 rings (SSSR count). The van der Waals surface area contributed by atoms with Gasteiger partial charge in [-0.15, -0.1) is 0 Å². The van der Waals surface area contributed by atoms with Crippen LogP contribution in [0.4, 0.5) is 10.5 Å². The van der Waals surface area contributed by atoms with Crippen LogP contribution in [-0.4, -0.2) is 43.9 Å². The number of carboxylic acids is 1. The van der Waals surface area contributed by atoms with Crippen LogP contribution in [0.1, 0.15) is 5.56 Å². The van der Waals surface area contributed by atoms with Crippen molar-refractivity contribution in [2.24, 2.45) is 0 Å². The second-order valence-electron chi connectivity index (χ2n) is 4.02. The molecule has 0 aliphatic rings. The number of ether oxygens (including phenoxy) is 1. The van der Waals surface area contributed by atoms with Crippen LogP contribution < -0.4 is 10.2 Å². The number of anilines is 1. The molecule has 1 aromatic carbocycles. The molecule has 0 heterocycles. The van der Waals surface area contributed by atoms with Crippen LogP contribution in [0.2, 0.25) is 0 Å². The van der Waals surface area contributed by atoms with Crippen molar-refractivity contribution in [3.63, 3.8) is 0 Å². The van der Waals surface area contributed by atoms with Crippen molar-refractivity contribution >= 4 is 17.7 Å². The Morgan fingerprint density at radius 1 is 1.37 bits per heavy atom. The van der Waals surface area contributed by atoms with E-state index in [0.29, 0.717) is 0 Å². The van der Waals surface area contributed by atoms with Crippen molar-refractivity contribution in [3.05, 3.63) is 29.8 Å². The highest BCUT2D eigenvalue weighted by Crippen LogP contribution is 2.17. The van der Waals surface area contributed by atoms with Gasteiger partial charge < -0.3 is 15.2 Å². The standard InChI is InChI=1S/C13H18N2O4/c1-10-5-3-4-6-11(10)15(2)13(18)14-7-8-19-9-12(16)17/h3-6H,7-9H2,1-2H3,(H,14,18)(H,16,17). The van der Waals surface area contributed by atoms with Gasteiger partial charge in [-0.05, 0) is 18.6 Å². The molecule has 0 radical (unpaired) electrons. The smallest absolute Gasteiger partial charge is 0.329 e. The number of aryl methyl sites for hydroxylation is 1.